The highest BCUT2D eigenvalue weighted by Gasteiger charge is 2.34. The first-order valence-corrected chi connectivity index (χ1v) is 10.8. The number of fused-ring (bicyclic) bond motifs is 1. The van der Waals surface area contributed by atoms with Gasteiger partial charge in [-0.3, -0.25) is 14.5 Å². The molecule has 3 atom stereocenters. The molecule has 1 saturated heterocycles. The normalized spacial score (nSPS) is 25.8. The second kappa shape index (κ2) is 8.61. The molecule has 0 bridgehead atoms. The fraction of sp³-hybridized carbons (Fsp3) is 0.600. The number of hydrogen-bond acceptors (Lipinski definition) is 5. The summed E-state index contributed by atoms with van der Waals surface area (Å²) in [6.45, 7) is 10.6. The molecule has 1 aromatic carbocycles. The molecule has 3 rings (SSSR count). The second-order valence-corrected chi connectivity index (χ2v) is 9.87. The first kappa shape index (κ1) is 21.4. The van der Waals surface area contributed by atoms with E-state index in [0.29, 0.717) is 17.3 Å². The van der Waals surface area contributed by atoms with Crippen molar-refractivity contribution in [1.29, 1.82) is 0 Å². The van der Waals surface area contributed by atoms with Gasteiger partial charge >= 0.3 is 0 Å². The third-order valence-corrected chi connectivity index (χ3v) is 6.64. The van der Waals surface area contributed by atoms with Gasteiger partial charge < -0.3 is 15.4 Å². The molecule has 2 aliphatic rings. The summed E-state index contributed by atoms with van der Waals surface area (Å²) in [6.07, 6.45) is 0.495. The molecule has 0 aromatic heterocycles. The lowest BCUT2D eigenvalue weighted by Gasteiger charge is -2.45. The van der Waals surface area contributed by atoms with E-state index in [1.165, 1.54) is 11.8 Å². The minimum absolute atomic E-state index is 0.118. The molecule has 1 fully saturated rings. The van der Waals surface area contributed by atoms with Crippen LogP contribution in [0.25, 0.3) is 0 Å². The number of anilines is 1. The Morgan fingerprint density at radius 3 is 2.71 bits per heavy atom. The number of rotatable bonds is 5. The molecule has 1 aromatic rings. The van der Waals surface area contributed by atoms with E-state index in [0.717, 1.165) is 18.0 Å². The first-order chi connectivity index (χ1) is 13.1. The Morgan fingerprint density at radius 2 is 2.04 bits per heavy atom. The molecule has 154 valence electrons. The smallest absolute Gasteiger partial charge is 0.238 e. The third kappa shape index (κ3) is 5.20. The van der Waals surface area contributed by atoms with Crippen LogP contribution in [0.15, 0.2) is 23.1 Å². The van der Waals surface area contributed by atoms with Crippen LogP contribution in [0.5, 0.6) is 0 Å². The van der Waals surface area contributed by atoms with Gasteiger partial charge in [0.05, 0.1) is 23.1 Å². The molecule has 2 heterocycles. The molecule has 2 amide bonds. The van der Waals surface area contributed by atoms with Crippen LogP contribution in [-0.2, 0) is 14.3 Å². The standard InChI is InChI=1S/C20H28ClN3O3S/c1-12-9-24(10-13(2)27-12)20(3,4)11-22-18(25)8-17-19(26)23-15-7-14(21)5-6-16(15)28-17/h5-7,12-13,17H,8-11H2,1-4H3,(H,22,25)(H,23,26). The number of benzene rings is 1. The number of morpholine rings is 1. The summed E-state index contributed by atoms with van der Waals surface area (Å²) in [5.41, 5.74) is 0.517. The molecule has 3 unspecified atom stereocenters. The van der Waals surface area contributed by atoms with E-state index in [4.69, 9.17) is 16.3 Å². The number of nitrogens with one attached hydrogen (secondary N) is 2. The Morgan fingerprint density at radius 1 is 1.36 bits per heavy atom. The zero-order valence-electron chi connectivity index (χ0n) is 16.8. The zero-order valence-corrected chi connectivity index (χ0v) is 18.3. The lowest BCUT2D eigenvalue weighted by atomic mass is 10.00. The number of hydrogen-bond donors (Lipinski definition) is 2. The van der Waals surface area contributed by atoms with Crippen molar-refractivity contribution in [3.05, 3.63) is 23.2 Å². The van der Waals surface area contributed by atoms with E-state index in [1.54, 1.807) is 12.1 Å². The van der Waals surface area contributed by atoms with Crippen LogP contribution in [0.4, 0.5) is 5.69 Å². The number of thioether (sulfide) groups is 1. The van der Waals surface area contributed by atoms with Crippen LogP contribution < -0.4 is 10.6 Å². The van der Waals surface area contributed by atoms with Crippen molar-refractivity contribution in [3.8, 4) is 0 Å². The van der Waals surface area contributed by atoms with Gasteiger partial charge in [-0.25, -0.2) is 0 Å². The molecule has 8 heteroatoms. The van der Waals surface area contributed by atoms with Crippen LogP contribution >= 0.6 is 23.4 Å². The molecule has 0 spiro atoms. The quantitative estimate of drug-likeness (QED) is 0.758. The molecule has 6 nitrogen and oxygen atoms in total. The minimum Gasteiger partial charge on any atom is -0.373 e. The minimum atomic E-state index is -0.444. The third-order valence-electron chi connectivity index (χ3n) is 5.13. The summed E-state index contributed by atoms with van der Waals surface area (Å²) in [6, 6.07) is 5.39. The molecular formula is C20H28ClN3O3S. The van der Waals surface area contributed by atoms with Crippen molar-refractivity contribution in [2.75, 3.05) is 25.0 Å². The Labute approximate surface area is 175 Å². The summed E-state index contributed by atoms with van der Waals surface area (Å²) in [5.74, 6) is -0.280. The van der Waals surface area contributed by atoms with E-state index < -0.39 is 5.25 Å². The first-order valence-electron chi connectivity index (χ1n) is 9.58. The number of ether oxygens (including phenoxy) is 1. The van der Waals surface area contributed by atoms with Crippen molar-refractivity contribution in [2.24, 2.45) is 0 Å². The molecule has 0 saturated carbocycles. The monoisotopic (exact) mass is 425 g/mol. The lowest BCUT2D eigenvalue weighted by Crippen LogP contribution is -2.58. The predicted molar refractivity (Wildman–Crippen MR) is 113 cm³/mol. The molecule has 2 aliphatic heterocycles. The maximum absolute atomic E-state index is 12.5. The van der Waals surface area contributed by atoms with Gasteiger partial charge in [-0.15, -0.1) is 11.8 Å². The topological polar surface area (TPSA) is 70.7 Å². The summed E-state index contributed by atoms with van der Waals surface area (Å²) >= 11 is 7.38. The number of nitrogens with zero attached hydrogens (tertiary/aromatic N) is 1. The Bertz CT molecular complexity index is 748. The lowest BCUT2D eigenvalue weighted by molar-refractivity contribution is -0.125. The number of carbonyl (C=O) groups excluding carboxylic acids is 2. The highest BCUT2D eigenvalue weighted by atomic mass is 35.5. The number of amides is 2. The zero-order chi connectivity index (χ0) is 20.5. The summed E-state index contributed by atoms with van der Waals surface area (Å²) < 4.78 is 5.80. The Kier molecular flexibility index (Phi) is 6.59. The predicted octanol–water partition coefficient (Wildman–Crippen LogP) is 3.15. The van der Waals surface area contributed by atoms with E-state index in [1.807, 2.05) is 6.07 Å². The largest absolute Gasteiger partial charge is 0.373 e. The maximum atomic E-state index is 12.5. The average molecular weight is 426 g/mol. The fourth-order valence-corrected chi connectivity index (χ4v) is 4.86. The average Bonchev–Trinajstić information content (AvgIpc) is 2.60. The van der Waals surface area contributed by atoms with E-state index in [9.17, 15) is 9.59 Å². The molecular weight excluding hydrogens is 398 g/mol. The van der Waals surface area contributed by atoms with Crippen LogP contribution in [0, 0.1) is 0 Å². The molecule has 28 heavy (non-hydrogen) atoms. The van der Waals surface area contributed by atoms with Gasteiger partial charge in [0, 0.05) is 41.5 Å². The Balaban J connectivity index is 1.54. The van der Waals surface area contributed by atoms with Gasteiger partial charge in [0.1, 0.15) is 0 Å². The summed E-state index contributed by atoms with van der Waals surface area (Å²) in [5, 5.41) is 5.99. The van der Waals surface area contributed by atoms with Gasteiger partial charge in [0.25, 0.3) is 0 Å². The van der Waals surface area contributed by atoms with Crippen LogP contribution in [0.3, 0.4) is 0 Å². The number of halogens is 1. The van der Waals surface area contributed by atoms with E-state index in [-0.39, 0.29) is 36.0 Å². The van der Waals surface area contributed by atoms with Crippen molar-refractivity contribution >= 4 is 40.9 Å². The van der Waals surface area contributed by atoms with E-state index in [2.05, 4.69) is 43.2 Å². The van der Waals surface area contributed by atoms with E-state index >= 15 is 0 Å². The van der Waals surface area contributed by atoms with Crippen molar-refractivity contribution < 1.29 is 14.3 Å². The Hall–Kier alpha value is -1.28. The summed E-state index contributed by atoms with van der Waals surface area (Å²) in [7, 11) is 0. The SMILES string of the molecule is CC1CN(C(C)(C)CNC(=O)CC2Sc3ccc(Cl)cc3NC2=O)CC(C)O1. The maximum Gasteiger partial charge on any atom is 0.238 e. The van der Waals surface area contributed by atoms with Crippen molar-refractivity contribution in [1.82, 2.24) is 10.2 Å². The van der Waals surface area contributed by atoms with Gasteiger partial charge in [-0.1, -0.05) is 11.6 Å². The summed E-state index contributed by atoms with van der Waals surface area (Å²) in [4.78, 5) is 28.1. The fourth-order valence-electron chi connectivity index (χ4n) is 3.60. The van der Waals surface area contributed by atoms with Crippen LogP contribution in [0.1, 0.15) is 34.1 Å². The molecule has 2 N–H and O–H groups in total. The molecule has 0 radical (unpaired) electrons. The highest BCUT2D eigenvalue weighted by molar-refractivity contribution is 8.01. The molecule has 0 aliphatic carbocycles. The van der Waals surface area contributed by atoms with Gasteiger partial charge in [-0.2, -0.15) is 0 Å². The van der Waals surface area contributed by atoms with Crippen molar-refractivity contribution in [3.63, 3.8) is 0 Å². The van der Waals surface area contributed by atoms with Crippen LogP contribution in [0.2, 0.25) is 5.02 Å². The number of carbonyl (C=O) groups is 2. The van der Waals surface area contributed by atoms with Gasteiger partial charge in [0.2, 0.25) is 11.8 Å². The van der Waals surface area contributed by atoms with Crippen molar-refractivity contribution in [2.45, 2.75) is 62.0 Å². The second-order valence-electron chi connectivity index (χ2n) is 8.19. The van der Waals surface area contributed by atoms with Gasteiger partial charge in [-0.05, 0) is 45.9 Å². The highest BCUT2D eigenvalue weighted by Crippen LogP contribution is 2.38. The van der Waals surface area contributed by atoms with Crippen LogP contribution in [-0.4, -0.2) is 59.3 Å². The van der Waals surface area contributed by atoms with Gasteiger partial charge in [0.15, 0.2) is 0 Å².